The number of urea groups is 1. The largest absolute Gasteiger partial charge is 0.383 e. The molecule has 2 aromatic carbocycles. The van der Waals surface area contributed by atoms with E-state index >= 15 is 0 Å². The van der Waals surface area contributed by atoms with Crippen LogP contribution in [0.15, 0.2) is 48.5 Å². The smallest absolute Gasteiger partial charge is 0.319 e. The van der Waals surface area contributed by atoms with Gasteiger partial charge in [-0.3, -0.25) is 0 Å². The molecule has 1 atom stereocenters. The molecule has 0 heterocycles. The first-order chi connectivity index (χ1) is 12.0. The summed E-state index contributed by atoms with van der Waals surface area (Å²) in [5, 5.41) is 16.6. The lowest BCUT2D eigenvalue weighted by atomic mass is 9.79. The summed E-state index contributed by atoms with van der Waals surface area (Å²) in [6.45, 7) is 0.200. The number of rotatable bonds is 4. The Balaban J connectivity index is 1.61. The van der Waals surface area contributed by atoms with Crippen LogP contribution < -0.4 is 15.5 Å². The molecule has 0 bridgehead atoms. The molecule has 0 fully saturated rings. The zero-order chi connectivity index (χ0) is 17.9. The van der Waals surface area contributed by atoms with Gasteiger partial charge in [-0.15, -0.1) is 0 Å². The van der Waals surface area contributed by atoms with Crippen molar-refractivity contribution in [3.05, 3.63) is 59.7 Å². The maximum atomic E-state index is 12.2. The van der Waals surface area contributed by atoms with Gasteiger partial charge < -0.3 is 20.6 Å². The molecule has 3 rings (SSSR count). The molecule has 0 saturated carbocycles. The fraction of sp³-hybridized carbons (Fsp3) is 0.350. The van der Waals surface area contributed by atoms with Crippen LogP contribution in [-0.2, 0) is 12.0 Å². The molecule has 1 aliphatic rings. The predicted molar refractivity (Wildman–Crippen MR) is 101 cm³/mol. The monoisotopic (exact) mass is 339 g/mol. The third-order valence-electron chi connectivity index (χ3n) is 4.74. The number of nitrogens with one attached hydrogen (secondary N) is 2. The number of carbonyl (C=O) groups is 1. The summed E-state index contributed by atoms with van der Waals surface area (Å²) in [6.07, 6.45) is 2.55. The number of hydrogen-bond donors (Lipinski definition) is 3. The van der Waals surface area contributed by atoms with Crippen molar-refractivity contribution in [3.8, 4) is 0 Å². The van der Waals surface area contributed by atoms with Crippen LogP contribution in [0.5, 0.6) is 0 Å². The lowest BCUT2D eigenvalue weighted by Gasteiger charge is -2.34. The van der Waals surface area contributed by atoms with Gasteiger partial charge in [0.15, 0.2) is 0 Å². The fourth-order valence-corrected chi connectivity index (χ4v) is 3.33. The van der Waals surface area contributed by atoms with E-state index in [-0.39, 0.29) is 12.6 Å². The van der Waals surface area contributed by atoms with Crippen molar-refractivity contribution in [2.24, 2.45) is 0 Å². The number of aliphatic hydroxyl groups is 1. The van der Waals surface area contributed by atoms with Gasteiger partial charge in [0.05, 0.1) is 6.54 Å². The maximum Gasteiger partial charge on any atom is 0.319 e. The van der Waals surface area contributed by atoms with Gasteiger partial charge >= 0.3 is 6.03 Å². The van der Waals surface area contributed by atoms with E-state index in [1.165, 1.54) is 0 Å². The van der Waals surface area contributed by atoms with Crippen molar-refractivity contribution >= 4 is 17.4 Å². The second-order valence-electron chi connectivity index (χ2n) is 6.79. The number of hydrogen-bond acceptors (Lipinski definition) is 3. The van der Waals surface area contributed by atoms with Gasteiger partial charge in [0.2, 0.25) is 0 Å². The summed E-state index contributed by atoms with van der Waals surface area (Å²) >= 11 is 0. The third-order valence-corrected chi connectivity index (χ3v) is 4.74. The first kappa shape index (κ1) is 17.3. The van der Waals surface area contributed by atoms with Crippen LogP contribution in [0.2, 0.25) is 0 Å². The number of amides is 2. The van der Waals surface area contributed by atoms with Gasteiger partial charge in [0.25, 0.3) is 0 Å². The molecule has 0 aromatic heterocycles. The fourth-order valence-electron chi connectivity index (χ4n) is 3.33. The van der Waals surface area contributed by atoms with Gasteiger partial charge in [-0.1, -0.05) is 24.3 Å². The lowest BCUT2D eigenvalue weighted by molar-refractivity contribution is 0.0221. The first-order valence-electron chi connectivity index (χ1n) is 8.61. The number of nitrogens with zero attached hydrogens (tertiary/aromatic N) is 1. The summed E-state index contributed by atoms with van der Waals surface area (Å²) in [6, 6.07) is 15.2. The third kappa shape index (κ3) is 3.94. The van der Waals surface area contributed by atoms with Crippen molar-refractivity contribution in [2.75, 3.05) is 30.9 Å². The van der Waals surface area contributed by atoms with Crippen molar-refractivity contribution in [1.82, 2.24) is 5.32 Å². The van der Waals surface area contributed by atoms with Crippen molar-refractivity contribution in [3.63, 3.8) is 0 Å². The van der Waals surface area contributed by atoms with E-state index in [4.69, 9.17) is 0 Å². The highest BCUT2D eigenvalue weighted by Gasteiger charge is 2.34. The summed E-state index contributed by atoms with van der Waals surface area (Å²) < 4.78 is 0. The van der Waals surface area contributed by atoms with Gasteiger partial charge in [-0.25, -0.2) is 4.79 Å². The van der Waals surface area contributed by atoms with Crippen molar-refractivity contribution in [1.29, 1.82) is 0 Å². The molecule has 1 aliphatic carbocycles. The van der Waals surface area contributed by atoms with E-state index in [1.807, 2.05) is 67.5 Å². The zero-order valence-corrected chi connectivity index (χ0v) is 14.7. The molecule has 0 radical (unpaired) electrons. The summed E-state index contributed by atoms with van der Waals surface area (Å²) in [5.74, 6) is 0. The van der Waals surface area contributed by atoms with E-state index in [0.717, 1.165) is 35.3 Å². The molecular formula is C20H25N3O2. The average Bonchev–Trinajstić information content (AvgIpc) is 2.61. The van der Waals surface area contributed by atoms with Crippen LogP contribution in [0.1, 0.15) is 24.0 Å². The Labute approximate surface area is 148 Å². The highest BCUT2D eigenvalue weighted by Crippen LogP contribution is 2.34. The van der Waals surface area contributed by atoms with E-state index in [9.17, 15) is 9.90 Å². The Morgan fingerprint density at radius 1 is 1.16 bits per heavy atom. The minimum atomic E-state index is -0.999. The number of fused-ring (bicyclic) bond motifs is 1. The molecule has 0 spiro atoms. The number of anilines is 2. The quantitative estimate of drug-likeness (QED) is 0.802. The van der Waals surface area contributed by atoms with Crippen molar-refractivity contribution < 1.29 is 9.90 Å². The molecule has 2 aromatic rings. The molecule has 2 amide bonds. The molecule has 1 unspecified atom stereocenters. The van der Waals surface area contributed by atoms with Gasteiger partial charge in [-0.2, -0.15) is 0 Å². The van der Waals surface area contributed by atoms with Crippen LogP contribution >= 0.6 is 0 Å². The number of carbonyl (C=O) groups excluding carboxylic acids is 1. The molecular weight excluding hydrogens is 314 g/mol. The molecule has 132 valence electrons. The SMILES string of the molecule is CN(C)c1ccc(NC(=O)NCC2(O)CCCc3ccccc32)cc1. The van der Waals surface area contributed by atoms with Crippen molar-refractivity contribution in [2.45, 2.75) is 24.9 Å². The molecule has 0 aliphatic heterocycles. The summed E-state index contributed by atoms with van der Waals surface area (Å²) in [7, 11) is 3.94. The molecule has 0 saturated heterocycles. The second-order valence-corrected chi connectivity index (χ2v) is 6.79. The standard InChI is InChI=1S/C20H25N3O2/c1-23(2)17-11-9-16(10-12-17)22-19(24)21-14-20(25)13-5-7-15-6-3-4-8-18(15)20/h3-4,6,8-12,25H,5,7,13-14H2,1-2H3,(H2,21,22,24). The Hall–Kier alpha value is -2.53. The van der Waals surface area contributed by atoms with Crippen LogP contribution in [0.3, 0.4) is 0 Å². The predicted octanol–water partition coefficient (Wildman–Crippen LogP) is 3.10. The van der Waals surface area contributed by atoms with Crippen LogP contribution in [0.4, 0.5) is 16.2 Å². The minimum Gasteiger partial charge on any atom is -0.383 e. The van der Waals surface area contributed by atoms with Gasteiger partial charge in [-0.05, 0) is 54.7 Å². The summed E-state index contributed by atoms with van der Waals surface area (Å²) in [4.78, 5) is 14.2. The normalized spacial score (nSPS) is 19.0. The van der Waals surface area contributed by atoms with Crippen LogP contribution in [0, 0.1) is 0 Å². The van der Waals surface area contributed by atoms with Crippen LogP contribution in [-0.4, -0.2) is 31.8 Å². The topological polar surface area (TPSA) is 64.6 Å². The highest BCUT2D eigenvalue weighted by atomic mass is 16.3. The molecule has 5 nitrogen and oxygen atoms in total. The average molecular weight is 339 g/mol. The molecule has 3 N–H and O–H groups in total. The maximum absolute atomic E-state index is 12.2. The Bertz CT molecular complexity index is 743. The van der Waals surface area contributed by atoms with E-state index in [2.05, 4.69) is 10.6 Å². The molecule has 25 heavy (non-hydrogen) atoms. The number of aryl methyl sites for hydroxylation is 1. The zero-order valence-electron chi connectivity index (χ0n) is 14.7. The van der Waals surface area contributed by atoms with Gasteiger partial charge in [0.1, 0.15) is 5.60 Å². The minimum absolute atomic E-state index is 0.200. The Morgan fingerprint density at radius 2 is 1.88 bits per heavy atom. The number of benzene rings is 2. The van der Waals surface area contributed by atoms with Crippen LogP contribution in [0.25, 0.3) is 0 Å². The second kappa shape index (κ2) is 7.15. The Morgan fingerprint density at radius 3 is 2.60 bits per heavy atom. The van der Waals surface area contributed by atoms with Gasteiger partial charge in [0, 0.05) is 25.5 Å². The molecule has 5 heteroatoms. The first-order valence-corrected chi connectivity index (χ1v) is 8.61. The lowest BCUT2D eigenvalue weighted by Crippen LogP contribution is -2.44. The van der Waals surface area contributed by atoms with E-state index in [1.54, 1.807) is 0 Å². The van der Waals surface area contributed by atoms with E-state index in [0.29, 0.717) is 6.42 Å². The Kier molecular flexibility index (Phi) is 4.95. The highest BCUT2D eigenvalue weighted by molar-refractivity contribution is 5.89. The summed E-state index contributed by atoms with van der Waals surface area (Å²) in [5.41, 5.74) is 2.88. The van der Waals surface area contributed by atoms with E-state index < -0.39 is 5.60 Å².